The zero-order valence-corrected chi connectivity index (χ0v) is 10.4. The third kappa shape index (κ3) is 13.1. The van der Waals surface area contributed by atoms with Gasteiger partial charge in [-0.05, 0) is 25.7 Å². The second-order valence-electron chi connectivity index (χ2n) is 3.27. The number of hydrogen-bond donors (Lipinski definition) is 0. The lowest BCUT2D eigenvalue weighted by atomic mass is 9.90. The fourth-order valence-corrected chi connectivity index (χ4v) is 1.15. The van der Waals surface area contributed by atoms with E-state index in [-0.39, 0.29) is 0 Å². The van der Waals surface area contributed by atoms with E-state index >= 15 is 0 Å². The molecule has 0 aliphatic heterocycles. The molecular formula is C12H24O3. The smallest absolute Gasteiger partial charge is 0.293 e. The highest BCUT2D eigenvalue weighted by Crippen LogP contribution is 2.19. The van der Waals surface area contributed by atoms with Crippen molar-refractivity contribution in [3.8, 4) is 0 Å². The van der Waals surface area contributed by atoms with Gasteiger partial charge < -0.3 is 4.74 Å². The maximum Gasteiger partial charge on any atom is 0.293 e. The van der Waals surface area contributed by atoms with Crippen molar-refractivity contribution in [3.63, 3.8) is 0 Å². The lowest BCUT2D eigenvalue weighted by Crippen LogP contribution is -2.10. The fraction of sp³-hybridized carbons (Fsp3) is 0.833. The molecule has 0 spiro atoms. The molecule has 3 nitrogen and oxygen atoms in total. The van der Waals surface area contributed by atoms with E-state index in [0.29, 0.717) is 18.9 Å². The summed E-state index contributed by atoms with van der Waals surface area (Å²) < 4.78 is 4.15. The number of ether oxygens (including phenoxy) is 1. The summed E-state index contributed by atoms with van der Waals surface area (Å²) in [4.78, 5) is 19.8. The van der Waals surface area contributed by atoms with Crippen molar-refractivity contribution in [2.24, 2.45) is 5.92 Å². The van der Waals surface area contributed by atoms with Crippen molar-refractivity contribution in [1.82, 2.24) is 0 Å². The maximum absolute atomic E-state index is 10.6. The van der Waals surface area contributed by atoms with Crippen LogP contribution in [0, 0.1) is 5.92 Å². The van der Waals surface area contributed by atoms with Gasteiger partial charge >= 0.3 is 0 Å². The van der Waals surface area contributed by atoms with Crippen LogP contribution in [0.25, 0.3) is 0 Å². The van der Waals surface area contributed by atoms with Crippen LogP contribution in [-0.4, -0.2) is 18.9 Å². The van der Waals surface area contributed by atoms with E-state index in [2.05, 4.69) is 11.7 Å². The lowest BCUT2D eigenvalue weighted by molar-refractivity contribution is -0.128. The minimum absolute atomic E-state index is 0.431. The van der Waals surface area contributed by atoms with Gasteiger partial charge in [-0.3, -0.25) is 9.59 Å². The van der Waals surface area contributed by atoms with Crippen LogP contribution in [0.4, 0.5) is 0 Å². The normalized spacial score (nSPS) is 15.3. The minimum Gasteiger partial charge on any atom is -0.468 e. The van der Waals surface area contributed by atoms with Crippen molar-refractivity contribution < 1.29 is 14.3 Å². The molecule has 0 aromatic heterocycles. The Kier molecular flexibility index (Phi) is 14.5. The quantitative estimate of drug-likeness (QED) is 0.666. The largest absolute Gasteiger partial charge is 0.468 e. The Bertz CT molecular complexity index is 145. The third-order valence-corrected chi connectivity index (χ3v) is 2.07. The van der Waals surface area contributed by atoms with Gasteiger partial charge in [0.1, 0.15) is 5.78 Å². The monoisotopic (exact) mass is 216 g/mol. The van der Waals surface area contributed by atoms with E-state index in [4.69, 9.17) is 0 Å². The molecule has 1 rings (SSSR count). The number of carbonyl (C=O) groups excluding carboxylic acids is 2. The highest BCUT2D eigenvalue weighted by molar-refractivity contribution is 5.78. The van der Waals surface area contributed by atoms with Gasteiger partial charge in [-0.2, -0.15) is 0 Å². The molecule has 0 unspecified atom stereocenters. The Hall–Kier alpha value is -0.860. The molecule has 0 atom stereocenters. The Labute approximate surface area is 93.2 Å². The van der Waals surface area contributed by atoms with Gasteiger partial charge in [0, 0.05) is 12.8 Å². The molecule has 0 radical (unpaired) electrons. The van der Waals surface area contributed by atoms with E-state index in [9.17, 15) is 9.59 Å². The van der Waals surface area contributed by atoms with Crippen molar-refractivity contribution in [1.29, 1.82) is 0 Å². The van der Waals surface area contributed by atoms with Crippen LogP contribution >= 0.6 is 0 Å². The second kappa shape index (κ2) is 13.1. The van der Waals surface area contributed by atoms with Crippen LogP contribution in [0.3, 0.4) is 0 Å². The molecule has 1 fully saturated rings. The van der Waals surface area contributed by atoms with Crippen LogP contribution in [0.1, 0.15) is 53.4 Å². The molecular weight excluding hydrogens is 192 g/mol. The van der Waals surface area contributed by atoms with Gasteiger partial charge in [-0.25, -0.2) is 0 Å². The summed E-state index contributed by atoms with van der Waals surface area (Å²) in [5.41, 5.74) is 0. The van der Waals surface area contributed by atoms with Gasteiger partial charge in [-0.15, -0.1) is 0 Å². The molecule has 0 aromatic rings. The zero-order valence-electron chi connectivity index (χ0n) is 10.4. The molecule has 0 N–H and O–H groups in total. The fourth-order valence-electron chi connectivity index (χ4n) is 1.15. The third-order valence-electron chi connectivity index (χ3n) is 2.07. The highest BCUT2D eigenvalue weighted by atomic mass is 16.5. The van der Waals surface area contributed by atoms with Crippen molar-refractivity contribution >= 4 is 12.3 Å². The standard InChI is InChI=1S/C7H12O.C3H6O2.C2H6/c1-6-2-4-7(8)5-3-6;1-2-5-3-4;1-2/h6H,2-5H2,1H3;3H,2H2,1H3;1-2H3. The maximum atomic E-state index is 10.6. The minimum atomic E-state index is 0.431. The van der Waals surface area contributed by atoms with Gasteiger partial charge in [0.2, 0.25) is 0 Å². The molecule has 0 saturated heterocycles. The topological polar surface area (TPSA) is 43.4 Å². The first-order valence-electron chi connectivity index (χ1n) is 5.77. The van der Waals surface area contributed by atoms with Gasteiger partial charge in [0.15, 0.2) is 0 Å². The first-order chi connectivity index (χ1) is 7.20. The molecule has 1 aliphatic carbocycles. The van der Waals surface area contributed by atoms with Gasteiger partial charge in [-0.1, -0.05) is 20.8 Å². The molecule has 0 heterocycles. The number of carbonyl (C=O) groups is 2. The second-order valence-corrected chi connectivity index (χ2v) is 3.27. The van der Waals surface area contributed by atoms with Crippen LogP contribution in [0.15, 0.2) is 0 Å². The molecule has 3 heteroatoms. The summed E-state index contributed by atoms with van der Waals surface area (Å²) >= 11 is 0. The van der Waals surface area contributed by atoms with Crippen LogP contribution in [0.2, 0.25) is 0 Å². The number of Topliss-reactive ketones (excluding diaryl/α,β-unsaturated/α-hetero) is 1. The predicted octanol–water partition coefficient (Wildman–Crippen LogP) is 2.97. The summed E-state index contributed by atoms with van der Waals surface area (Å²) in [5, 5.41) is 0. The molecule has 1 aliphatic rings. The Balaban J connectivity index is 0. The van der Waals surface area contributed by atoms with Gasteiger partial charge in [0.05, 0.1) is 6.61 Å². The Morgan fingerprint density at radius 3 is 2.00 bits per heavy atom. The summed E-state index contributed by atoms with van der Waals surface area (Å²) in [7, 11) is 0. The van der Waals surface area contributed by atoms with Gasteiger partial charge in [0.25, 0.3) is 6.47 Å². The van der Waals surface area contributed by atoms with Crippen molar-refractivity contribution in [3.05, 3.63) is 0 Å². The summed E-state index contributed by atoms with van der Waals surface area (Å²) in [5.74, 6) is 1.26. The molecule has 15 heavy (non-hydrogen) atoms. The first kappa shape index (κ1) is 16.6. The van der Waals surface area contributed by atoms with E-state index < -0.39 is 0 Å². The molecule has 0 bridgehead atoms. The van der Waals surface area contributed by atoms with E-state index in [1.165, 1.54) is 0 Å². The molecule has 0 aromatic carbocycles. The first-order valence-corrected chi connectivity index (χ1v) is 5.77. The number of ketones is 1. The van der Waals surface area contributed by atoms with Crippen LogP contribution < -0.4 is 0 Å². The molecule has 90 valence electrons. The van der Waals surface area contributed by atoms with E-state index in [1.807, 2.05) is 13.8 Å². The average Bonchev–Trinajstić information content (AvgIpc) is 2.27. The average molecular weight is 216 g/mol. The Morgan fingerprint density at radius 1 is 1.33 bits per heavy atom. The van der Waals surface area contributed by atoms with Crippen molar-refractivity contribution in [2.45, 2.75) is 53.4 Å². The summed E-state index contributed by atoms with van der Waals surface area (Å²) in [6, 6.07) is 0. The van der Waals surface area contributed by atoms with E-state index in [1.54, 1.807) is 6.92 Å². The molecule has 1 saturated carbocycles. The SMILES string of the molecule is CC.CC1CCC(=O)CC1.CCOC=O. The van der Waals surface area contributed by atoms with Crippen LogP contribution in [0.5, 0.6) is 0 Å². The Morgan fingerprint density at radius 2 is 1.80 bits per heavy atom. The van der Waals surface area contributed by atoms with E-state index in [0.717, 1.165) is 31.6 Å². The number of hydrogen-bond acceptors (Lipinski definition) is 3. The predicted molar refractivity (Wildman–Crippen MR) is 61.7 cm³/mol. The highest BCUT2D eigenvalue weighted by Gasteiger charge is 2.13. The number of rotatable bonds is 2. The molecule has 0 amide bonds. The lowest BCUT2D eigenvalue weighted by Gasteiger charge is -2.14. The van der Waals surface area contributed by atoms with Crippen LogP contribution in [-0.2, 0) is 14.3 Å². The zero-order chi connectivity index (χ0) is 12.1. The summed E-state index contributed by atoms with van der Waals surface area (Å²) in [6.07, 6.45) is 3.92. The van der Waals surface area contributed by atoms with Crippen molar-refractivity contribution in [2.75, 3.05) is 6.61 Å². The summed E-state index contributed by atoms with van der Waals surface area (Å²) in [6.45, 7) is 8.88.